The summed E-state index contributed by atoms with van der Waals surface area (Å²) in [4.78, 5) is 23.2. The first-order chi connectivity index (χ1) is 15.5. The molecule has 1 aromatic carbocycles. The number of benzene rings is 1. The maximum Gasteiger partial charge on any atom is 0.254 e. The van der Waals surface area contributed by atoms with Gasteiger partial charge in [0.1, 0.15) is 0 Å². The lowest BCUT2D eigenvalue weighted by molar-refractivity contribution is -0.0721. The average Bonchev–Trinajstić information content (AvgIpc) is 3.25. The molecule has 0 saturated carbocycles. The van der Waals surface area contributed by atoms with Crippen molar-refractivity contribution in [3.63, 3.8) is 0 Å². The fourth-order valence-corrected chi connectivity index (χ4v) is 5.31. The van der Waals surface area contributed by atoms with Gasteiger partial charge in [0.25, 0.3) is 5.91 Å². The summed E-state index contributed by atoms with van der Waals surface area (Å²) in [7, 11) is -3.54. The monoisotopic (exact) mass is 456 g/mol. The van der Waals surface area contributed by atoms with Crippen LogP contribution in [0.3, 0.4) is 0 Å². The summed E-state index contributed by atoms with van der Waals surface area (Å²) in [5.41, 5.74) is 1.23. The molecule has 0 bridgehead atoms. The van der Waals surface area contributed by atoms with Gasteiger partial charge in [0.15, 0.2) is 0 Å². The Kier molecular flexibility index (Phi) is 5.64. The van der Waals surface area contributed by atoms with Gasteiger partial charge < -0.3 is 10.1 Å². The van der Waals surface area contributed by atoms with E-state index in [2.05, 4.69) is 20.2 Å². The van der Waals surface area contributed by atoms with E-state index in [0.29, 0.717) is 30.5 Å². The minimum atomic E-state index is -3.54. The van der Waals surface area contributed by atoms with Crippen molar-refractivity contribution in [2.24, 2.45) is 0 Å². The minimum absolute atomic E-state index is 0.264. The van der Waals surface area contributed by atoms with E-state index in [-0.39, 0.29) is 17.3 Å². The first kappa shape index (κ1) is 21.0. The van der Waals surface area contributed by atoms with Crippen molar-refractivity contribution in [2.45, 2.75) is 17.5 Å². The van der Waals surface area contributed by atoms with Gasteiger partial charge in [0.05, 0.1) is 29.7 Å². The Morgan fingerprint density at radius 3 is 2.53 bits per heavy atom. The molecule has 0 aliphatic carbocycles. The molecule has 0 unspecified atom stereocenters. The topological polar surface area (TPSA) is 109 Å². The molecule has 5 rings (SSSR count). The molecule has 32 heavy (non-hydrogen) atoms. The summed E-state index contributed by atoms with van der Waals surface area (Å²) in [6, 6.07) is 7.08. The molecule has 2 fully saturated rings. The summed E-state index contributed by atoms with van der Waals surface area (Å²) in [6.45, 7) is 4.15. The second-order valence-corrected chi connectivity index (χ2v) is 9.87. The summed E-state index contributed by atoms with van der Waals surface area (Å²) in [6.07, 6.45) is 6.48. The van der Waals surface area contributed by atoms with Gasteiger partial charge in [-0.1, -0.05) is 12.1 Å². The Morgan fingerprint density at radius 1 is 1.09 bits per heavy atom. The zero-order chi connectivity index (χ0) is 22.1. The molecule has 0 radical (unpaired) electrons. The number of nitrogens with zero attached hydrogens (tertiary/aromatic N) is 5. The number of rotatable bonds is 6. The lowest BCUT2D eigenvalue weighted by Gasteiger charge is -2.42. The van der Waals surface area contributed by atoms with Crippen molar-refractivity contribution in [1.82, 2.24) is 28.9 Å². The smallest absolute Gasteiger partial charge is 0.254 e. The molecule has 10 nitrogen and oxygen atoms in total. The van der Waals surface area contributed by atoms with Crippen molar-refractivity contribution in [1.29, 1.82) is 0 Å². The van der Waals surface area contributed by atoms with E-state index in [9.17, 15) is 13.2 Å². The minimum Gasteiger partial charge on any atom is -0.378 e. The molecule has 3 aromatic rings. The summed E-state index contributed by atoms with van der Waals surface area (Å²) >= 11 is 0. The lowest BCUT2D eigenvalue weighted by atomic mass is 10.2. The molecular formula is C21H24N6O4S. The molecule has 168 valence electrons. The number of nitrogens with one attached hydrogen (secondary N) is 1. The highest BCUT2D eigenvalue weighted by Crippen LogP contribution is 2.20. The van der Waals surface area contributed by atoms with Gasteiger partial charge in [-0.3, -0.25) is 14.1 Å². The third-order valence-electron chi connectivity index (χ3n) is 5.93. The molecular weight excluding hydrogens is 432 g/mol. The van der Waals surface area contributed by atoms with Crippen molar-refractivity contribution < 1.29 is 17.9 Å². The molecule has 4 heterocycles. The van der Waals surface area contributed by atoms with Crippen molar-refractivity contribution >= 4 is 21.7 Å². The SMILES string of the molecule is O=C(NCc1ccc(S(=O)(=O)N2CCN(C3COC3)CC2)cc1)c1cnc2nccn2c1. The van der Waals surface area contributed by atoms with Gasteiger partial charge >= 0.3 is 0 Å². The average molecular weight is 457 g/mol. The number of amides is 1. The van der Waals surface area contributed by atoms with Crippen LogP contribution in [0.5, 0.6) is 0 Å². The third-order valence-corrected chi connectivity index (χ3v) is 7.84. The summed E-state index contributed by atoms with van der Waals surface area (Å²) < 4.78 is 34.4. The molecule has 0 spiro atoms. The van der Waals surface area contributed by atoms with Crippen molar-refractivity contribution in [3.8, 4) is 0 Å². The number of imidazole rings is 1. The van der Waals surface area contributed by atoms with Crippen molar-refractivity contribution in [3.05, 3.63) is 60.2 Å². The van der Waals surface area contributed by atoms with Crippen LogP contribution >= 0.6 is 0 Å². The lowest BCUT2D eigenvalue weighted by Crippen LogP contribution is -2.57. The van der Waals surface area contributed by atoms with Crippen LogP contribution in [0.1, 0.15) is 15.9 Å². The normalized spacial score (nSPS) is 18.5. The van der Waals surface area contributed by atoms with Gasteiger partial charge in [-0.05, 0) is 17.7 Å². The Balaban J connectivity index is 1.18. The van der Waals surface area contributed by atoms with Crippen LogP contribution < -0.4 is 5.32 Å². The Hall–Kier alpha value is -2.86. The number of aromatic nitrogens is 3. The number of hydrogen-bond donors (Lipinski definition) is 1. The van der Waals surface area contributed by atoms with Crippen LogP contribution in [-0.4, -0.2) is 83.3 Å². The first-order valence-electron chi connectivity index (χ1n) is 10.5. The number of carbonyl (C=O) groups is 1. The van der Waals surface area contributed by atoms with Gasteiger partial charge in [-0.25, -0.2) is 18.4 Å². The second kappa shape index (κ2) is 8.58. The van der Waals surface area contributed by atoms with E-state index in [1.807, 2.05) is 0 Å². The molecule has 2 aliphatic rings. The molecule has 11 heteroatoms. The van der Waals surface area contributed by atoms with Crippen LogP contribution in [-0.2, 0) is 21.3 Å². The van der Waals surface area contributed by atoms with Crippen LogP contribution in [0.4, 0.5) is 0 Å². The highest BCUT2D eigenvalue weighted by molar-refractivity contribution is 7.89. The molecule has 1 N–H and O–H groups in total. The van der Waals surface area contributed by atoms with E-state index in [4.69, 9.17) is 4.74 Å². The van der Waals surface area contributed by atoms with Crippen molar-refractivity contribution in [2.75, 3.05) is 39.4 Å². The molecule has 2 saturated heterocycles. The number of piperazine rings is 1. The van der Waals surface area contributed by atoms with Crippen LogP contribution in [0, 0.1) is 0 Å². The van der Waals surface area contributed by atoms with E-state index >= 15 is 0 Å². The molecule has 2 aliphatic heterocycles. The largest absolute Gasteiger partial charge is 0.378 e. The van der Waals surface area contributed by atoms with Crippen LogP contribution in [0.15, 0.2) is 53.9 Å². The predicted molar refractivity (Wildman–Crippen MR) is 116 cm³/mol. The van der Waals surface area contributed by atoms with E-state index in [0.717, 1.165) is 31.9 Å². The van der Waals surface area contributed by atoms with E-state index < -0.39 is 10.0 Å². The highest BCUT2D eigenvalue weighted by atomic mass is 32.2. The fraction of sp³-hybridized carbons (Fsp3) is 0.381. The Bertz CT molecular complexity index is 1210. The zero-order valence-electron chi connectivity index (χ0n) is 17.4. The Labute approximate surface area is 185 Å². The number of fused-ring (bicyclic) bond motifs is 1. The van der Waals surface area contributed by atoms with E-state index in [1.165, 1.54) is 6.20 Å². The second-order valence-electron chi connectivity index (χ2n) is 7.94. The summed E-state index contributed by atoms with van der Waals surface area (Å²) in [5.74, 6) is 0.261. The van der Waals surface area contributed by atoms with Gasteiger partial charge in [-0.2, -0.15) is 4.31 Å². The summed E-state index contributed by atoms with van der Waals surface area (Å²) in [5, 5.41) is 2.83. The number of sulfonamides is 1. The van der Waals surface area contributed by atoms with Crippen LogP contribution in [0.25, 0.3) is 5.78 Å². The maximum atomic E-state index is 13.0. The third kappa shape index (κ3) is 4.11. The first-order valence-corrected chi connectivity index (χ1v) is 11.9. The highest BCUT2D eigenvalue weighted by Gasteiger charge is 2.33. The molecule has 0 atom stereocenters. The number of hydrogen-bond acceptors (Lipinski definition) is 7. The zero-order valence-corrected chi connectivity index (χ0v) is 18.2. The number of carbonyl (C=O) groups excluding carboxylic acids is 1. The maximum absolute atomic E-state index is 13.0. The van der Waals surface area contributed by atoms with Gasteiger partial charge in [0, 0.05) is 57.5 Å². The quantitative estimate of drug-likeness (QED) is 0.571. The molecule has 1 amide bonds. The molecule has 2 aromatic heterocycles. The van der Waals surface area contributed by atoms with Gasteiger partial charge in [0.2, 0.25) is 15.8 Å². The fourth-order valence-electron chi connectivity index (χ4n) is 3.89. The van der Waals surface area contributed by atoms with E-state index in [1.54, 1.807) is 51.6 Å². The predicted octanol–water partition coefficient (Wildman–Crippen LogP) is 0.364. The number of ether oxygens (including phenoxy) is 1. The van der Waals surface area contributed by atoms with Gasteiger partial charge in [-0.15, -0.1) is 0 Å². The Morgan fingerprint density at radius 2 is 1.84 bits per heavy atom. The van der Waals surface area contributed by atoms with Crippen LogP contribution in [0.2, 0.25) is 0 Å². The standard InChI is InChI=1S/C21H24N6O4S/c28-20(17-12-24-21-22-5-6-26(21)13-17)23-11-16-1-3-19(4-2-16)32(29,30)27-9-7-25(8-10-27)18-14-31-15-18/h1-6,12-13,18H,7-11,14-15H2,(H,23,28).